The van der Waals surface area contributed by atoms with Crippen LogP contribution in [-0.2, 0) is 0 Å². The number of carbonyl (C=O) groups is 1. The van der Waals surface area contributed by atoms with Gasteiger partial charge in [0, 0.05) is 45.3 Å². The van der Waals surface area contributed by atoms with Crippen LogP contribution in [0, 0.1) is 5.92 Å². The number of anilines is 1. The van der Waals surface area contributed by atoms with E-state index in [2.05, 4.69) is 15.1 Å². The number of nitrogens with one attached hydrogen (secondary N) is 1. The lowest BCUT2D eigenvalue weighted by Crippen LogP contribution is -2.54. The molecule has 0 aromatic heterocycles. The van der Waals surface area contributed by atoms with Gasteiger partial charge in [-0.05, 0) is 50.3 Å². The van der Waals surface area contributed by atoms with Crippen LogP contribution in [0.4, 0.5) is 10.5 Å². The first-order chi connectivity index (χ1) is 13.1. The van der Waals surface area contributed by atoms with Crippen molar-refractivity contribution in [2.45, 2.75) is 31.7 Å². The summed E-state index contributed by atoms with van der Waals surface area (Å²) >= 11 is 12.5. The summed E-state index contributed by atoms with van der Waals surface area (Å²) in [7, 11) is 0. The molecule has 2 aliphatic heterocycles. The van der Waals surface area contributed by atoms with Gasteiger partial charge < -0.3 is 15.1 Å². The Balaban J connectivity index is 1.14. The van der Waals surface area contributed by atoms with Crippen LogP contribution >= 0.6 is 23.2 Å². The molecule has 148 valence electrons. The van der Waals surface area contributed by atoms with Gasteiger partial charge in [0.25, 0.3) is 0 Å². The molecule has 4 rings (SSSR count). The molecule has 27 heavy (non-hydrogen) atoms. The molecule has 2 saturated heterocycles. The van der Waals surface area contributed by atoms with Crippen LogP contribution in [0.25, 0.3) is 0 Å². The lowest BCUT2D eigenvalue weighted by atomic mass is 9.78. The number of halogens is 2. The summed E-state index contributed by atoms with van der Waals surface area (Å²) in [4.78, 5) is 18.7. The van der Waals surface area contributed by atoms with Crippen molar-refractivity contribution in [3.63, 3.8) is 0 Å². The Morgan fingerprint density at radius 1 is 1.07 bits per heavy atom. The molecule has 5 nitrogen and oxygen atoms in total. The molecule has 2 amide bonds. The van der Waals surface area contributed by atoms with Crippen molar-refractivity contribution in [3.8, 4) is 0 Å². The Bertz CT molecular complexity index is 668. The molecule has 1 aromatic carbocycles. The molecule has 7 heteroatoms. The zero-order valence-corrected chi connectivity index (χ0v) is 17.2. The van der Waals surface area contributed by atoms with E-state index in [1.165, 1.54) is 6.42 Å². The normalized spacial score (nSPS) is 25.7. The summed E-state index contributed by atoms with van der Waals surface area (Å²) in [6.07, 6.45) is 4.65. The number of urea groups is 1. The molecule has 0 atom stereocenters. The summed E-state index contributed by atoms with van der Waals surface area (Å²) in [5.41, 5.74) is 1.04. The first-order valence-electron chi connectivity index (χ1n) is 10.1. The van der Waals surface area contributed by atoms with Crippen molar-refractivity contribution in [2.24, 2.45) is 5.92 Å². The van der Waals surface area contributed by atoms with Crippen molar-refractivity contribution >= 4 is 34.9 Å². The second-order valence-electron chi connectivity index (χ2n) is 8.01. The number of benzene rings is 1. The zero-order chi connectivity index (χ0) is 18.8. The highest BCUT2D eigenvalue weighted by Crippen LogP contribution is 2.33. The fraction of sp³-hybridized carbons (Fsp3) is 0.650. The van der Waals surface area contributed by atoms with Gasteiger partial charge in [0.2, 0.25) is 0 Å². The number of likely N-dealkylation sites (tertiary alicyclic amines) is 1. The van der Waals surface area contributed by atoms with Crippen LogP contribution in [0.3, 0.4) is 0 Å². The summed E-state index contributed by atoms with van der Waals surface area (Å²) in [6.45, 7) is 7.09. The van der Waals surface area contributed by atoms with E-state index < -0.39 is 0 Å². The van der Waals surface area contributed by atoms with Crippen molar-refractivity contribution < 1.29 is 4.79 Å². The van der Waals surface area contributed by atoms with Gasteiger partial charge in [-0.25, -0.2) is 4.79 Å². The van der Waals surface area contributed by atoms with Gasteiger partial charge in [-0.2, -0.15) is 0 Å². The quantitative estimate of drug-likeness (QED) is 0.803. The van der Waals surface area contributed by atoms with E-state index in [1.54, 1.807) is 0 Å². The lowest BCUT2D eigenvalue weighted by Gasteiger charge is -2.41. The van der Waals surface area contributed by atoms with Crippen molar-refractivity contribution in [1.82, 2.24) is 15.1 Å². The van der Waals surface area contributed by atoms with Crippen LogP contribution in [0.15, 0.2) is 18.2 Å². The summed E-state index contributed by atoms with van der Waals surface area (Å²) < 4.78 is 0. The van der Waals surface area contributed by atoms with E-state index in [-0.39, 0.29) is 6.03 Å². The van der Waals surface area contributed by atoms with E-state index in [9.17, 15) is 4.79 Å². The van der Waals surface area contributed by atoms with E-state index in [1.807, 2.05) is 23.1 Å². The molecule has 1 aliphatic carbocycles. The van der Waals surface area contributed by atoms with Gasteiger partial charge in [0.1, 0.15) is 0 Å². The van der Waals surface area contributed by atoms with Gasteiger partial charge in [-0.15, -0.1) is 0 Å². The van der Waals surface area contributed by atoms with E-state index >= 15 is 0 Å². The van der Waals surface area contributed by atoms with E-state index in [4.69, 9.17) is 23.2 Å². The highest BCUT2D eigenvalue weighted by atomic mass is 35.5. The van der Waals surface area contributed by atoms with E-state index in [0.717, 1.165) is 76.7 Å². The average molecular weight is 411 g/mol. The lowest BCUT2D eigenvalue weighted by molar-refractivity contribution is 0.139. The topological polar surface area (TPSA) is 38.8 Å². The number of hydrogen-bond donors (Lipinski definition) is 1. The molecule has 1 N–H and O–H groups in total. The Morgan fingerprint density at radius 2 is 1.81 bits per heavy atom. The van der Waals surface area contributed by atoms with Crippen LogP contribution in [0.2, 0.25) is 10.0 Å². The second-order valence-corrected chi connectivity index (χ2v) is 8.80. The fourth-order valence-corrected chi connectivity index (χ4v) is 4.60. The van der Waals surface area contributed by atoms with Crippen LogP contribution in [0.1, 0.15) is 25.7 Å². The number of piperazine rings is 1. The molecule has 0 radical (unpaired) electrons. The number of hydrogen-bond acceptors (Lipinski definition) is 3. The maximum atomic E-state index is 11.9. The van der Waals surface area contributed by atoms with Crippen molar-refractivity contribution in [2.75, 3.05) is 50.7 Å². The number of carbonyl (C=O) groups excluding carboxylic acids is 1. The largest absolute Gasteiger partial charge is 0.368 e. The minimum Gasteiger partial charge on any atom is -0.368 e. The third kappa shape index (κ3) is 4.47. The second kappa shape index (κ2) is 8.46. The van der Waals surface area contributed by atoms with Crippen LogP contribution in [-0.4, -0.2) is 67.7 Å². The Kier molecular flexibility index (Phi) is 6.00. The van der Waals surface area contributed by atoms with Gasteiger partial charge in [0.15, 0.2) is 0 Å². The van der Waals surface area contributed by atoms with Crippen LogP contribution in [0.5, 0.6) is 0 Å². The zero-order valence-electron chi connectivity index (χ0n) is 15.7. The number of amides is 2. The minimum absolute atomic E-state index is 0.139. The maximum absolute atomic E-state index is 11.9. The Morgan fingerprint density at radius 3 is 2.48 bits per heavy atom. The van der Waals surface area contributed by atoms with Crippen molar-refractivity contribution in [3.05, 3.63) is 28.2 Å². The molecule has 1 saturated carbocycles. The molecule has 0 bridgehead atoms. The van der Waals surface area contributed by atoms with Gasteiger partial charge in [-0.1, -0.05) is 29.3 Å². The summed E-state index contributed by atoms with van der Waals surface area (Å²) in [5, 5.41) is 4.45. The maximum Gasteiger partial charge on any atom is 0.317 e. The van der Waals surface area contributed by atoms with E-state index in [0.29, 0.717) is 16.1 Å². The van der Waals surface area contributed by atoms with Gasteiger partial charge in [-0.3, -0.25) is 4.90 Å². The van der Waals surface area contributed by atoms with Crippen LogP contribution < -0.4 is 10.2 Å². The van der Waals surface area contributed by atoms with Gasteiger partial charge in [0.05, 0.1) is 15.7 Å². The molecular formula is C20H28Cl2N4O. The van der Waals surface area contributed by atoms with Crippen molar-refractivity contribution in [1.29, 1.82) is 0 Å². The molecular weight excluding hydrogens is 383 g/mol. The first-order valence-corrected chi connectivity index (χ1v) is 10.8. The Hall–Kier alpha value is -1.17. The monoisotopic (exact) mass is 410 g/mol. The molecule has 3 fully saturated rings. The molecule has 0 spiro atoms. The molecule has 0 unspecified atom stereocenters. The predicted molar refractivity (Wildman–Crippen MR) is 111 cm³/mol. The Labute approximate surface area is 171 Å². The number of rotatable bonds is 5. The van der Waals surface area contributed by atoms with Gasteiger partial charge >= 0.3 is 6.03 Å². The highest BCUT2D eigenvalue weighted by molar-refractivity contribution is 6.43. The number of nitrogens with zero attached hydrogens (tertiary/aromatic N) is 3. The summed E-state index contributed by atoms with van der Waals surface area (Å²) in [6, 6.07) is 6.38. The SMILES string of the molecule is O=C(N[C@H]1C[C@@H](CCN2CCN(c3cccc(Cl)c3Cl)CC2)C1)N1CCC1. The summed E-state index contributed by atoms with van der Waals surface area (Å²) in [5.74, 6) is 0.757. The predicted octanol–water partition coefficient (Wildman–Crippen LogP) is 3.70. The molecule has 1 aromatic rings. The third-order valence-electron chi connectivity index (χ3n) is 6.20. The smallest absolute Gasteiger partial charge is 0.317 e. The highest BCUT2D eigenvalue weighted by Gasteiger charge is 2.32. The fourth-order valence-electron chi connectivity index (χ4n) is 4.19. The third-order valence-corrected chi connectivity index (χ3v) is 7.01. The standard InChI is InChI=1S/C20H28Cl2N4O/c21-17-3-1-4-18(19(17)22)25-11-9-24(10-12-25)8-5-15-13-16(14-15)23-20(27)26-6-2-7-26/h1,3-4,15-16H,2,5-14H2,(H,23,27)/t15-,16+. The first kappa shape index (κ1) is 19.2. The molecule has 2 heterocycles. The molecule has 3 aliphatic rings. The minimum atomic E-state index is 0.139. The average Bonchev–Trinajstić information content (AvgIpc) is 2.58.